The average Bonchev–Trinajstić information content (AvgIpc) is 2.84. The molecular weight excluding hydrogens is 267 g/mol. The van der Waals surface area contributed by atoms with Crippen LogP contribution in [0.25, 0.3) is 0 Å². The minimum atomic E-state index is -4.42. The van der Waals surface area contributed by atoms with Crippen LogP contribution in [0.3, 0.4) is 0 Å². The number of aromatic nitrogens is 1. The molecule has 2 amide bonds. The van der Waals surface area contributed by atoms with E-state index in [0.29, 0.717) is 0 Å². The number of amides is 2. The van der Waals surface area contributed by atoms with E-state index in [2.05, 4.69) is 15.1 Å². The zero-order valence-corrected chi connectivity index (χ0v) is 9.71. The van der Waals surface area contributed by atoms with Crippen LogP contribution in [0.5, 0.6) is 0 Å². The number of rotatable bonds is 5. The number of hydrogen-bond donors (Lipinski definition) is 3. The van der Waals surface area contributed by atoms with Gasteiger partial charge in [-0.25, -0.2) is 0 Å². The molecule has 1 aromatic heterocycles. The van der Waals surface area contributed by atoms with Crippen molar-refractivity contribution >= 4 is 11.8 Å². The summed E-state index contributed by atoms with van der Waals surface area (Å²) in [6, 6.07) is 3.09. The van der Waals surface area contributed by atoms with E-state index >= 15 is 0 Å². The molecule has 0 aliphatic heterocycles. The Labute approximate surface area is 106 Å². The van der Waals surface area contributed by atoms with Gasteiger partial charge in [0.25, 0.3) is 5.91 Å². The van der Waals surface area contributed by atoms with Gasteiger partial charge in [-0.3, -0.25) is 20.4 Å². The molecule has 106 valence electrons. The van der Waals surface area contributed by atoms with Gasteiger partial charge in [0, 0.05) is 6.20 Å². The fraction of sp³-hybridized carbons (Fsp3) is 0.400. The van der Waals surface area contributed by atoms with Crippen molar-refractivity contribution in [2.45, 2.75) is 12.6 Å². The van der Waals surface area contributed by atoms with Crippen molar-refractivity contribution in [1.82, 2.24) is 15.8 Å². The van der Waals surface area contributed by atoms with Gasteiger partial charge in [-0.1, -0.05) is 0 Å². The number of carbonyl (C=O) groups excluding carboxylic acids is 2. The largest absolute Gasteiger partial charge is 0.411 e. The van der Waals surface area contributed by atoms with Gasteiger partial charge in [-0.05, 0) is 12.1 Å². The molecule has 0 unspecified atom stereocenters. The smallest absolute Gasteiger partial charge is 0.372 e. The first-order valence-corrected chi connectivity index (χ1v) is 5.25. The Hall–Kier alpha value is -2.03. The highest BCUT2D eigenvalue weighted by Crippen LogP contribution is 2.14. The molecule has 6 nitrogen and oxygen atoms in total. The first-order valence-electron chi connectivity index (χ1n) is 5.25. The van der Waals surface area contributed by atoms with Crippen molar-refractivity contribution in [2.75, 3.05) is 13.2 Å². The molecule has 0 fully saturated rings. The standard InChI is InChI=1S/C10H12F3N3O3/c11-10(12,13)6-19-5-3-8(17)15-16-9(18)7-2-1-4-14-7/h1-2,4,14H,3,5-6H2,(H,15,17)(H,16,18). The second-order valence-corrected chi connectivity index (χ2v) is 3.50. The van der Waals surface area contributed by atoms with E-state index in [1.54, 1.807) is 6.07 Å². The van der Waals surface area contributed by atoms with Crippen LogP contribution < -0.4 is 10.9 Å². The molecule has 1 aromatic rings. The molecule has 9 heteroatoms. The molecule has 19 heavy (non-hydrogen) atoms. The molecule has 0 radical (unpaired) electrons. The number of alkyl halides is 3. The fourth-order valence-corrected chi connectivity index (χ4v) is 1.08. The molecule has 0 bridgehead atoms. The predicted octanol–water partition coefficient (Wildman–Crippen LogP) is 0.745. The number of H-pyrrole nitrogens is 1. The summed E-state index contributed by atoms with van der Waals surface area (Å²) in [6.07, 6.45) is -3.18. The summed E-state index contributed by atoms with van der Waals surface area (Å²) in [5, 5.41) is 0. The minimum absolute atomic E-state index is 0.244. The van der Waals surface area contributed by atoms with Crippen LogP contribution in [0.4, 0.5) is 13.2 Å². The van der Waals surface area contributed by atoms with Crippen LogP contribution in [0.15, 0.2) is 18.3 Å². The molecule has 0 saturated heterocycles. The lowest BCUT2D eigenvalue weighted by atomic mass is 10.4. The Kier molecular flexibility index (Phi) is 5.37. The Bertz CT molecular complexity index is 417. The highest BCUT2D eigenvalue weighted by Gasteiger charge is 2.27. The maximum Gasteiger partial charge on any atom is 0.411 e. The molecule has 0 aliphatic rings. The lowest BCUT2D eigenvalue weighted by molar-refractivity contribution is -0.174. The zero-order chi connectivity index (χ0) is 14.3. The highest BCUT2D eigenvalue weighted by atomic mass is 19.4. The monoisotopic (exact) mass is 279 g/mol. The van der Waals surface area contributed by atoms with Crippen molar-refractivity contribution < 1.29 is 27.5 Å². The maximum absolute atomic E-state index is 11.7. The van der Waals surface area contributed by atoms with Gasteiger partial charge < -0.3 is 9.72 Å². The summed E-state index contributed by atoms with van der Waals surface area (Å²) in [4.78, 5) is 25.1. The quantitative estimate of drug-likeness (QED) is 0.549. The van der Waals surface area contributed by atoms with E-state index in [1.165, 1.54) is 12.3 Å². The average molecular weight is 279 g/mol. The number of hydrazine groups is 1. The lowest BCUT2D eigenvalue weighted by Crippen LogP contribution is -2.42. The topological polar surface area (TPSA) is 83.2 Å². The molecular formula is C10H12F3N3O3. The van der Waals surface area contributed by atoms with Crippen LogP contribution in [0.2, 0.25) is 0 Å². The van der Waals surface area contributed by atoms with Gasteiger partial charge in [-0.2, -0.15) is 13.2 Å². The van der Waals surface area contributed by atoms with E-state index in [9.17, 15) is 22.8 Å². The first-order chi connectivity index (χ1) is 8.88. The van der Waals surface area contributed by atoms with Gasteiger partial charge in [-0.15, -0.1) is 0 Å². The summed E-state index contributed by atoms with van der Waals surface area (Å²) in [5.74, 6) is -1.21. The third-order valence-electron chi connectivity index (χ3n) is 1.90. The maximum atomic E-state index is 11.7. The zero-order valence-electron chi connectivity index (χ0n) is 9.71. The van der Waals surface area contributed by atoms with Gasteiger partial charge in [0.15, 0.2) is 0 Å². The summed E-state index contributed by atoms with van der Waals surface area (Å²) in [7, 11) is 0. The highest BCUT2D eigenvalue weighted by molar-refractivity contribution is 5.93. The third kappa shape index (κ3) is 6.46. The third-order valence-corrected chi connectivity index (χ3v) is 1.90. The molecule has 0 atom stereocenters. The molecule has 3 N–H and O–H groups in total. The van der Waals surface area contributed by atoms with Crippen LogP contribution in [-0.4, -0.2) is 36.2 Å². The van der Waals surface area contributed by atoms with Crippen molar-refractivity contribution in [3.05, 3.63) is 24.0 Å². The number of nitrogens with one attached hydrogen (secondary N) is 3. The summed E-state index contributed by atoms with van der Waals surface area (Å²) in [5.41, 5.74) is 4.39. The molecule has 0 saturated carbocycles. The number of aromatic amines is 1. The number of ether oxygens (including phenoxy) is 1. The van der Waals surface area contributed by atoms with Crippen LogP contribution in [0.1, 0.15) is 16.9 Å². The molecule has 0 aromatic carbocycles. The number of hydrogen-bond acceptors (Lipinski definition) is 3. The van der Waals surface area contributed by atoms with E-state index in [-0.39, 0.29) is 18.7 Å². The Balaban J connectivity index is 2.13. The van der Waals surface area contributed by atoms with Crippen LogP contribution in [0, 0.1) is 0 Å². The van der Waals surface area contributed by atoms with E-state index < -0.39 is 24.6 Å². The second kappa shape index (κ2) is 6.78. The van der Waals surface area contributed by atoms with E-state index in [0.717, 1.165) is 0 Å². The Morgan fingerprint density at radius 3 is 2.63 bits per heavy atom. The minimum Gasteiger partial charge on any atom is -0.372 e. The number of carbonyl (C=O) groups is 2. The normalized spacial score (nSPS) is 11.1. The second-order valence-electron chi connectivity index (χ2n) is 3.50. The molecule has 0 aliphatic carbocycles. The predicted molar refractivity (Wildman–Crippen MR) is 57.9 cm³/mol. The van der Waals surface area contributed by atoms with Gasteiger partial charge >= 0.3 is 6.18 Å². The molecule has 0 spiro atoms. The number of halogens is 3. The lowest BCUT2D eigenvalue weighted by Gasteiger charge is -2.08. The summed E-state index contributed by atoms with van der Waals surface area (Å²) >= 11 is 0. The van der Waals surface area contributed by atoms with E-state index in [4.69, 9.17) is 0 Å². The Morgan fingerprint density at radius 1 is 1.32 bits per heavy atom. The van der Waals surface area contributed by atoms with Crippen molar-refractivity contribution in [3.63, 3.8) is 0 Å². The van der Waals surface area contributed by atoms with Crippen molar-refractivity contribution in [3.8, 4) is 0 Å². The van der Waals surface area contributed by atoms with Crippen molar-refractivity contribution in [1.29, 1.82) is 0 Å². The van der Waals surface area contributed by atoms with Gasteiger partial charge in [0.05, 0.1) is 13.0 Å². The van der Waals surface area contributed by atoms with Crippen molar-refractivity contribution in [2.24, 2.45) is 0 Å². The SMILES string of the molecule is O=C(CCOCC(F)(F)F)NNC(=O)c1ccc[nH]1. The van der Waals surface area contributed by atoms with Crippen LogP contribution >= 0.6 is 0 Å². The van der Waals surface area contributed by atoms with Gasteiger partial charge in [0.1, 0.15) is 12.3 Å². The van der Waals surface area contributed by atoms with E-state index in [1.807, 2.05) is 5.43 Å². The van der Waals surface area contributed by atoms with Crippen LogP contribution in [-0.2, 0) is 9.53 Å². The molecule has 1 heterocycles. The summed E-state index contributed by atoms with van der Waals surface area (Å²) in [6.45, 7) is -1.79. The fourth-order valence-electron chi connectivity index (χ4n) is 1.08. The first kappa shape index (κ1) is 15.0. The summed E-state index contributed by atoms with van der Waals surface area (Å²) < 4.78 is 39.4. The van der Waals surface area contributed by atoms with Gasteiger partial charge in [0.2, 0.25) is 5.91 Å². The molecule has 1 rings (SSSR count). The Morgan fingerprint density at radius 2 is 2.05 bits per heavy atom.